The first-order valence-electron chi connectivity index (χ1n) is 5.73. The Morgan fingerprint density at radius 2 is 1.80 bits per heavy atom. The van der Waals surface area contributed by atoms with Crippen molar-refractivity contribution in [1.82, 2.24) is 4.47 Å². The zero-order valence-corrected chi connectivity index (χ0v) is 10.9. The second kappa shape index (κ2) is 6.18. The highest BCUT2D eigenvalue weighted by Gasteiger charge is 2.19. The SMILES string of the molecule is CN(OSC1CCCC1)SC1CC=CC1. The van der Waals surface area contributed by atoms with Crippen molar-refractivity contribution in [3.05, 3.63) is 12.2 Å². The predicted molar refractivity (Wildman–Crippen MR) is 68.4 cm³/mol. The highest BCUT2D eigenvalue weighted by Crippen LogP contribution is 2.33. The van der Waals surface area contributed by atoms with Gasteiger partial charge in [0.25, 0.3) is 0 Å². The summed E-state index contributed by atoms with van der Waals surface area (Å²) in [4.78, 5) is 0. The van der Waals surface area contributed by atoms with Gasteiger partial charge in [-0.25, -0.2) is 4.28 Å². The molecule has 2 rings (SSSR count). The number of rotatable bonds is 5. The largest absolute Gasteiger partial charge is 0.218 e. The quantitative estimate of drug-likeness (QED) is 0.316. The van der Waals surface area contributed by atoms with Crippen molar-refractivity contribution in [2.75, 3.05) is 7.05 Å². The minimum absolute atomic E-state index is 0.694. The maximum Gasteiger partial charge on any atom is 0.0331 e. The summed E-state index contributed by atoms with van der Waals surface area (Å²) < 4.78 is 7.60. The van der Waals surface area contributed by atoms with E-state index in [2.05, 4.69) is 12.2 Å². The molecule has 0 N–H and O–H groups in total. The van der Waals surface area contributed by atoms with Gasteiger partial charge in [0.15, 0.2) is 0 Å². The van der Waals surface area contributed by atoms with Crippen LogP contribution in [0.5, 0.6) is 0 Å². The number of nitrogens with zero attached hydrogens (tertiary/aromatic N) is 1. The van der Waals surface area contributed by atoms with Crippen LogP contribution in [0.1, 0.15) is 38.5 Å². The van der Waals surface area contributed by atoms with Crippen LogP contribution >= 0.6 is 24.0 Å². The molecule has 86 valence electrons. The molecule has 0 bridgehead atoms. The maximum absolute atomic E-state index is 5.67. The van der Waals surface area contributed by atoms with Gasteiger partial charge in [-0.3, -0.25) is 0 Å². The van der Waals surface area contributed by atoms with E-state index in [1.54, 1.807) is 12.0 Å². The first-order valence-corrected chi connectivity index (χ1v) is 7.37. The van der Waals surface area contributed by atoms with Gasteiger partial charge in [0.05, 0.1) is 0 Å². The first kappa shape index (κ1) is 11.8. The average molecular weight is 245 g/mol. The Bertz CT molecular complexity index is 209. The molecule has 0 aliphatic heterocycles. The molecular weight excluding hydrogens is 226 g/mol. The van der Waals surface area contributed by atoms with Crippen LogP contribution in [0.25, 0.3) is 0 Å². The van der Waals surface area contributed by atoms with Gasteiger partial charge in [0.2, 0.25) is 0 Å². The molecule has 15 heavy (non-hydrogen) atoms. The van der Waals surface area contributed by atoms with Gasteiger partial charge < -0.3 is 0 Å². The summed E-state index contributed by atoms with van der Waals surface area (Å²) in [6.07, 6.45) is 12.3. The molecule has 0 heterocycles. The molecule has 0 atom stereocenters. The molecule has 2 aliphatic carbocycles. The van der Waals surface area contributed by atoms with E-state index in [0.29, 0.717) is 5.25 Å². The molecule has 2 nitrogen and oxygen atoms in total. The van der Waals surface area contributed by atoms with Crippen LogP contribution in [-0.4, -0.2) is 22.0 Å². The molecule has 2 aliphatic rings. The van der Waals surface area contributed by atoms with Crippen molar-refractivity contribution in [2.24, 2.45) is 0 Å². The molecule has 0 unspecified atom stereocenters. The van der Waals surface area contributed by atoms with Gasteiger partial charge in [-0.15, -0.1) is 4.47 Å². The molecule has 0 aromatic heterocycles. The van der Waals surface area contributed by atoms with E-state index in [0.717, 1.165) is 5.25 Å². The van der Waals surface area contributed by atoms with Crippen LogP contribution < -0.4 is 0 Å². The Hall–Kier alpha value is 0.360. The predicted octanol–water partition coefficient (Wildman–Crippen LogP) is 3.81. The van der Waals surface area contributed by atoms with Crippen LogP contribution in [0.15, 0.2) is 12.2 Å². The number of hydrogen-bond acceptors (Lipinski definition) is 4. The molecule has 0 aromatic rings. The summed E-state index contributed by atoms with van der Waals surface area (Å²) in [7, 11) is 2.02. The highest BCUT2D eigenvalue weighted by molar-refractivity contribution is 7.99. The van der Waals surface area contributed by atoms with Crippen molar-refractivity contribution in [1.29, 1.82) is 0 Å². The van der Waals surface area contributed by atoms with E-state index in [1.807, 2.05) is 23.5 Å². The average Bonchev–Trinajstić information content (AvgIpc) is 2.86. The zero-order valence-electron chi connectivity index (χ0n) is 9.22. The standard InChI is InChI=1S/C11H19NOS2/c1-12(14-10-6-2-3-7-10)13-15-11-8-4-5-9-11/h2-3,10-11H,4-9H2,1H3. The summed E-state index contributed by atoms with van der Waals surface area (Å²) in [5, 5.41) is 1.42. The summed E-state index contributed by atoms with van der Waals surface area (Å²) >= 11 is 3.48. The van der Waals surface area contributed by atoms with Crippen molar-refractivity contribution >= 4 is 24.0 Å². The van der Waals surface area contributed by atoms with Gasteiger partial charge in [-0.1, -0.05) is 25.0 Å². The molecule has 1 fully saturated rings. The van der Waals surface area contributed by atoms with E-state index >= 15 is 0 Å². The fourth-order valence-electron chi connectivity index (χ4n) is 2.01. The third kappa shape index (κ3) is 4.02. The van der Waals surface area contributed by atoms with Gasteiger partial charge >= 0.3 is 0 Å². The second-order valence-electron chi connectivity index (χ2n) is 4.19. The minimum atomic E-state index is 0.694. The fraction of sp³-hybridized carbons (Fsp3) is 0.818. The molecule has 0 radical (unpaired) electrons. The topological polar surface area (TPSA) is 12.5 Å². The van der Waals surface area contributed by atoms with Gasteiger partial charge in [0, 0.05) is 29.6 Å². The van der Waals surface area contributed by atoms with Crippen molar-refractivity contribution in [2.45, 2.75) is 49.0 Å². The lowest BCUT2D eigenvalue weighted by Crippen LogP contribution is -2.13. The summed E-state index contributed by atoms with van der Waals surface area (Å²) in [6, 6.07) is 0. The Labute approximate surface area is 101 Å². The van der Waals surface area contributed by atoms with Crippen LogP contribution in [0, 0.1) is 0 Å². The molecule has 0 aromatic carbocycles. The molecule has 4 heteroatoms. The third-order valence-corrected chi connectivity index (χ3v) is 5.05. The molecule has 0 saturated heterocycles. The van der Waals surface area contributed by atoms with E-state index in [9.17, 15) is 0 Å². The lowest BCUT2D eigenvalue weighted by molar-refractivity contribution is 0.111. The fourth-order valence-corrected chi connectivity index (χ4v) is 3.84. The smallest absolute Gasteiger partial charge is 0.0331 e. The van der Waals surface area contributed by atoms with Gasteiger partial charge in [-0.2, -0.15) is 0 Å². The first-order chi connectivity index (χ1) is 7.34. The number of allylic oxidation sites excluding steroid dienone is 2. The van der Waals surface area contributed by atoms with Gasteiger partial charge in [0.1, 0.15) is 0 Å². The Kier molecular flexibility index (Phi) is 4.88. The van der Waals surface area contributed by atoms with E-state index in [4.69, 9.17) is 4.28 Å². The molecule has 0 spiro atoms. The minimum Gasteiger partial charge on any atom is -0.218 e. The van der Waals surface area contributed by atoms with Crippen LogP contribution in [0.2, 0.25) is 0 Å². The maximum atomic E-state index is 5.67. The monoisotopic (exact) mass is 245 g/mol. The van der Waals surface area contributed by atoms with Crippen molar-refractivity contribution in [3.63, 3.8) is 0 Å². The van der Waals surface area contributed by atoms with Crippen LogP contribution in [-0.2, 0) is 4.28 Å². The normalized spacial score (nSPS) is 23.3. The zero-order chi connectivity index (χ0) is 10.5. The van der Waals surface area contributed by atoms with E-state index < -0.39 is 0 Å². The number of hydrogen-bond donors (Lipinski definition) is 0. The lowest BCUT2D eigenvalue weighted by atomic mass is 10.4. The van der Waals surface area contributed by atoms with E-state index in [-0.39, 0.29) is 0 Å². The summed E-state index contributed by atoms with van der Waals surface area (Å²) in [5.41, 5.74) is 0. The van der Waals surface area contributed by atoms with E-state index in [1.165, 1.54) is 38.5 Å². The highest BCUT2D eigenvalue weighted by atomic mass is 32.2. The lowest BCUT2D eigenvalue weighted by Gasteiger charge is -2.19. The Morgan fingerprint density at radius 3 is 2.47 bits per heavy atom. The summed E-state index contributed by atoms with van der Waals surface area (Å²) in [5.74, 6) is 0. The van der Waals surface area contributed by atoms with Crippen LogP contribution in [0.3, 0.4) is 0 Å². The molecule has 0 amide bonds. The molecular formula is C11H19NOS2. The molecule has 1 saturated carbocycles. The third-order valence-electron chi connectivity index (χ3n) is 2.85. The van der Waals surface area contributed by atoms with Crippen LogP contribution in [0.4, 0.5) is 0 Å². The summed E-state index contributed by atoms with van der Waals surface area (Å²) in [6.45, 7) is 0. The Balaban J connectivity index is 1.57. The number of hydroxylamine groups is 1. The van der Waals surface area contributed by atoms with Crippen molar-refractivity contribution < 1.29 is 4.28 Å². The second-order valence-corrected chi connectivity index (χ2v) is 6.59. The Morgan fingerprint density at radius 1 is 1.13 bits per heavy atom. The van der Waals surface area contributed by atoms with Gasteiger partial charge in [-0.05, 0) is 37.6 Å². The van der Waals surface area contributed by atoms with Crippen molar-refractivity contribution in [3.8, 4) is 0 Å².